The Labute approximate surface area is 114 Å². The molecular formula is C12H17N3O5. The Bertz CT molecular complexity index is 527. The van der Waals surface area contributed by atoms with Gasteiger partial charge >= 0.3 is 11.8 Å². The molecule has 3 N–H and O–H groups in total. The van der Waals surface area contributed by atoms with Crippen molar-refractivity contribution in [2.75, 3.05) is 19.6 Å². The van der Waals surface area contributed by atoms with Crippen molar-refractivity contribution in [3.63, 3.8) is 0 Å². The minimum absolute atomic E-state index is 0.0318. The van der Waals surface area contributed by atoms with Crippen molar-refractivity contribution < 1.29 is 19.1 Å². The molecule has 0 saturated carbocycles. The number of oxazole rings is 1. The number of aromatic nitrogens is 1. The van der Waals surface area contributed by atoms with Crippen LogP contribution in [0.5, 0.6) is 0 Å². The maximum absolute atomic E-state index is 11.6. The molecule has 0 unspecified atom stereocenters. The highest BCUT2D eigenvalue weighted by Crippen LogP contribution is 2.19. The first-order valence-electron chi connectivity index (χ1n) is 6.51. The number of nitrogens with one attached hydrogen (secondary N) is 2. The molecule has 1 fully saturated rings. The molecule has 0 atom stereocenters. The van der Waals surface area contributed by atoms with Gasteiger partial charge in [0.05, 0.1) is 6.20 Å². The number of hydrogen-bond acceptors (Lipinski definition) is 4. The lowest BCUT2D eigenvalue weighted by atomic mass is 9.94. The molecule has 8 nitrogen and oxygen atoms in total. The lowest BCUT2D eigenvalue weighted by Crippen LogP contribution is -2.38. The van der Waals surface area contributed by atoms with Crippen molar-refractivity contribution in [2.45, 2.75) is 19.3 Å². The van der Waals surface area contributed by atoms with E-state index in [4.69, 9.17) is 5.11 Å². The smallest absolute Gasteiger partial charge is 0.416 e. The molecule has 0 radical (unpaired) electrons. The predicted octanol–water partition coefficient (Wildman–Crippen LogP) is 0.478. The lowest BCUT2D eigenvalue weighted by Gasteiger charge is -2.29. The van der Waals surface area contributed by atoms with Crippen molar-refractivity contribution in [3.05, 3.63) is 22.5 Å². The summed E-state index contributed by atoms with van der Waals surface area (Å²) in [7, 11) is 0. The predicted molar refractivity (Wildman–Crippen MR) is 68.6 cm³/mol. The molecular weight excluding hydrogens is 266 g/mol. The SMILES string of the molecule is O=C(NCCC1CCN(C(=O)O)CC1)c1c[nH]c(=O)o1. The van der Waals surface area contributed by atoms with Crippen LogP contribution in [0.3, 0.4) is 0 Å². The van der Waals surface area contributed by atoms with E-state index in [1.54, 1.807) is 0 Å². The fourth-order valence-corrected chi connectivity index (χ4v) is 2.29. The maximum atomic E-state index is 11.6. The molecule has 1 aromatic heterocycles. The molecule has 2 rings (SSSR count). The van der Waals surface area contributed by atoms with Crippen LogP contribution < -0.4 is 11.1 Å². The zero-order chi connectivity index (χ0) is 14.5. The van der Waals surface area contributed by atoms with Crippen molar-refractivity contribution in [3.8, 4) is 0 Å². The zero-order valence-corrected chi connectivity index (χ0v) is 10.9. The Morgan fingerprint density at radius 2 is 2.15 bits per heavy atom. The highest BCUT2D eigenvalue weighted by atomic mass is 16.4. The van der Waals surface area contributed by atoms with E-state index in [-0.39, 0.29) is 5.76 Å². The molecule has 2 heterocycles. The number of carbonyl (C=O) groups is 2. The van der Waals surface area contributed by atoms with Crippen LogP contribution in [0.4, 0.5) is 4.79 Å². The molecule has 110 valence electrons. The monoisotopic (exact) mass is 283 g/mol. The standard InChI is InChI=1S/C12H17N3O5/c16-10(9-7-14-11(17)20-9)13-4-1-8-2-5-15(6-3-8)12(18)19/h7-8H,1-6H2,(H,13,16)(H,14,17)(H,18,19). The van der Waals surface area contributed by atoms with Crippen molar-refractivity contribution in [1.29, 1.82) is 0 Å². The van der Waals surface area contributed by atoms with Gasteiger partial charge in [0.25, 0.3) is 5.91 Å². The van der Waals surface area contributed by atoms with Crippen LogP contribution in [-0.2, 0) is 0 Å². The second kappa shape index (κ2) is 6.27. The van der Waals surface area contributed by atoms with Gasteiger partial charge in [0.2, 0.25) is 5.76 Å². The van der Waals surface area contributed by atoms with E-state index in [0.717, 1.165) is 19.3 Å². The minimum atomic E-state index is -0.876. The number of amides is 2. The molecule has 1 aliphatic heterocycles. The molecule has 0 aromatic carbocycles. The number of rotatable bonds is 4. The highest BCUT2D eigenvalue weighted by Gasteiger charge is 2.22. The number of carboxylic acid groups (broad SMARTS) is 1. The largest absolute Gasteiger partial charge is 0.465 e. The van der Waals surface area contributed by atoms with Crippen LogP contribution in [0.1, 0.15) is 29.8 Å². The molecule has 0 aliphatic carbocycles. The Hall–Kier alpha value is -2.25. The number of piperidine rings is 1. The zero-order valence-electron chi connectivity index (χ0n) is 10.9. The van der Waals surface area contributed by atoms with Gasteiger partial charge in [-0.05, 0) is 25.2 Å². The van der Waals surface area contributed by atoms with Gasteiger partial charge in [-0.15, -0.1) is 0 Å². The average molecular weight is 283 g/mol. The summed E-state index contributed by atoms with van der Waals surface area (Å²) in [4.78, 5) is 36.8. The molecule has 1 aromatic rings. The van der Waals surface area contributed by atoms with Crippen molar-refractivity contribution in [2.24, 2.45) is 5.92 Å². The van der Waals surface area contributed by atoms with Crippen molar-refractivity contribution >= 4 is 12.0 Å². The second-order valence-corrected chi connectivity index (χ2v) is 4.80. The van der Waals surface area contributed by atoms with Crippen molar-refractivity contribution in [1.82, 2.24) is 15.2 Å². The van der Waals surface area contributed by atoms with Crippen LogP contribution in [0.25, 0.3) is 0 Å². The number of nitrogens with zero attached hydrogens (tertiary/aromatic N) is 1. The van der Waals surface area contributed by atoms with E-state index in [0.29, 0.717) is 25.6 Å². The lowest BCUT2D eigenvalue weighted by molar-refractivity contribution is 0.0918. The van der Waals surface area contributed by atoms with Gasteiger partial charge in [-0.1, -0.05) is 0 Å². The quantitative estimate of drug-likeness (QED) is 0.743. The first-order valence-corrected chi connectivity index (χ1v) is 6.51. The number of H-pyrrole nitrogens is 1. The van der Waals surface area contributed by atoms with Crippen LogP contribution in [0, 0.1) is 5.92 Å². The normalized spacial score (nSPS) is 16.1. The number of likely N-dealkylation sites (tertiary alicyclic amines) is 1. The Balaban J connectivity index is 1.68. The fourth-order valence-electron chi connectivity index (χ4n) is 2.29. The Morgan fingerprint density at radius 1 is 1.45 bits per heavy atom. The Kier molecular flexibility index (Phi) is 4.44. The second-order valence-electron chi connectivity index (χ2n) is 4.80. The molecule has 1 aliphatic rings. The molecule has 0 bridgehead atoms. The molecule has 0 spiro atoms. The molecule has 2 amide bonds. The third-order valence-corrected chi connectivity index (χ3v) is 3.47. The van der Waals surface area contributed by atoms with Gasteiger partial charge in [-0.3, -0.25) is 9.78 Å². The van der Waals surface area contributed by atoms with Crippen LogP contribution in [-0.4, -0.2) is 46.6 Å². The summed E-state index contributed by atoms with van der Waals surface area (Å²) in [5.41, 5.74) is 0. The summed E-state index contributed by atoms with van der Waals surface area (Å²) in [6.45, 7) is 1.56. The summed E-state index contributed by atoms with van der Waals surface area (Å²) >= 11 is 0. The molecule has 1 saturated heterocycles. The summed E-state index contributed by atoms with van der Waals surface area (Å²) < 4.78 is 4.63. The van der Waals surface area contributed by atoms with Crippen LogP contribution >= 0.6 is 0 Å². The van der Waals surface area contributed by atoms with Crippen LogP contribution in [0.2, 0.25) is 0 Å². The van der Waals surface area contributed by atoms with E-state index in [9.17, 15) is 14.4 Å². The maximum Gasteiger partial charge on any atom is 0.416 e. The third kappa shape index (κ3) is 3.62. The van der Waals surface area contributed by atoms with Gasteiger partial charge in [0.15, 0.2) is 0 Å². The average Bonchev–Trinajstić information content (AvgIpc) is 2.86. The first-order chi connectivity index (χ1) is 9.56. The Morgan fingerprint density at radius 3 is 2.70 bits per heavy atom. The number of carbonyl (C=O) groups excluding carboxylic acids is 1. The van der Waals surface area contributed by atoms with E-state index in [1.807, 2.05) is 0 Å². The van der Waals surface area contributed by atoms with E-state index >= 15 is 0 Å². The molecule has 8 heteroatoms. The fraction of sp³-hybridized carbons (Fsp3) is 0.583. The topological polar surface area (TPSA) is 116 Å². The summed E-state index contributed by atoms with van der Waals surface area (Å²) in [5, 5.41) is 11.5. The number of aromatic amines is 1. The van der Waals surface area contributed by atoms with Crippen LogP contribution in [0.15, 0.2) is 15.4 Å². The van der Waals surface area contributed by atoms with Gasteiger partial charge in [0.1, 0.15) is 0 Å². The minimum Gasteiger partial charge on any atom is -0.465 e. The van der Waals surface area contributed by atoms with Gasteiger partial charge in [-0.25, -0.2) is 9.59 Å². The highest BCUT2D eigenvalue weighted by molar-refractivity contribution is 5.90. The first kappa shape index (κ1) is 14.2. The van der Waals surface area contributed by atoms with E-state index in [1.165, 1.54) is 11.1 Å². The molecule has 20 heavy (non-hydrogen) atoms. The summed E-state index contributed by atoms with van der Waals surface area (Å²) in [6.07, 6.45) is 2.75. The van der Waals surface area contributed by atoms with E-state index < -0.39 is 17.8 Å². The number of hydrogen-bond donors (Lipinski definition) is 3. The van der Waals surface area contributed by atoms with Gasteiger partial charge < -0.3 is 19.7 Å². The van der Waals surface area contributed by atoms with E-state index in [2.05, 4.69) is 14.7 Å². The van der Waals surface area contributed by atoms with Gasteiger partial charge in [-0.2, -0.15) is 0 Å². The third-order valence-electron chi connectivity index (χ3n) is 3.47. The van der Waals surface area contributed by atoms with Gasteiger partial charge in [0, 0.05) is 19.6 Å². The summed E-state index contributed by atoms with van der Waals surface area (Å²) in [5.74, 6) is -0.706. The summed E-state index contributed by atoms with van der Waals surface area (Å²) in [6, 6.07) is 0.